The predicted molar refractivity (Wildman–Crippen MR) is 85.7 cm³/mol. The van der Waals surface area contributed by atoms with Crippen molar-refractivity contribution in [1.29, 1.82) is 0 Å². The van der Waals surface area contributed by atoms with E-state index in [4.69, 9.17) is 4.42 Å². The van der Waals surface area contributed by atoms with E-state index in [0.717, 1.165) is 49.0 Å². The normalized spacial score (nSPS) is 12.1. The molecule has 0 amide bonds. The average molecular weight is 288 g/mol. The van der Waals surface area contributed by atoms with E-state index in [1.54, 1.807) is 6.26 Å². The molecular formula is C16H24N4O. The summed E-state index contributed by atoms with van der Waals surface area (Å²) in [6.45, 7) is 7.14. The summed E-state index contributed by atoms with van der Waals surface area (Å²) in [7, 11) is 0. The third-order valence-electron chi connectivity index (χ3n) is 3.24. The van der Waals surface area contributed by atoms with E-state index in [1.807, 2.05) is 18.2 Å². The SMILES string of the molecule is CCNc1cc(NC(C)CCc2ccco2)nc(CC)n1. The number of aryl methyl sites for hydroxylation is 2. The van der Waals surface area contributed by atoms with Crippen LogP contribution in [0.3, 0.4) is 0 Å². The molecule has 0 radical (unpaired) electrons. The second-order valence-electron chi connectivity index (χ2n) is 5.10. The Balaban J connectivity index is 1.95. The van der Waals surface area contributed by atoms with Gasteiger partial charge in [-0.25, -0.2) is 9.97 Å². The lowest BCUT2D eigenvalue weighted by atomic mass is 10.1. The molecule has 0 spiro atoms. The predicted octanol–water partition coefficient (Wildman–Crippen LogP) is 3.50. The Morgan fingerprint density at radius 1 is 1.24 bits per heavy atom. The second kappa shape index (κ2) is 7.67. The van der Waals surface area contributed by atoms with Gasteiger partial charge in [-0.05, 0) is 32.4 Å². The number of hydrogen-bond acceptors (Lipinski definition) is 5. The molecule has 114 valence electrons. The smallest absolute Gasteiger partial charge is 0.132 e. The van der Waals surface area contributed by atoms with Crippen LogP contribution in [0.1, 0.15) is 38.8 Å². The van der Waals surface area contributed by atoms with Crippen LogP contribution >= 0.6 is 0 Å². The highest BCUT2D eigenvalue weighted by molar-refractivity contribution is 5.48. The number of furan rings is 1. The van der Waals surface area contributed by atoms with Crippen LogP contribution in [0.25, 0.3) is 0 Å². The van der Waals surface area contributed by atoms with E-state index in [0.29, 0.717) is 6.04 Å². The van der Waals surface area contributed by atoms with Gasteiger partial charge in [0, 0.05) is 31.5 Å². The van der Waals surface area contributed by atoms with E-state index < -0.39 is 0 Å². The van der Waals surface area contributed by atoms with Crippen molar-refractivity contribution < 1.29 is 4.42 Å². The number of anilines is 2. The minimum absolute atomic E-state index is 0.323. The molecule has 0 aromatic carbocycles. The van der Waals surface area contributed by atoms with E-state index in [2.05, 4.69) is 41.4 Å². The molecule has 5 nitrogen and oxygen atoms in total. The van der Waals surface area contributed by atoms with Gasteiger partial charge >= 0.3 is 0 Å². The zero-order valence-corrected chi connectivity index (χ0v) is 13.0. The summed E-state index contributed by atoms with van der Waals surface area (Å²) in [5, 5.41) is 6.69. The van der Waals surface area contributed by atoms with Gasteiger partial charge in [0.1, 0.15) is 23.2 Å². The van der Waals surface area contributed by atoms with Gasteiger partial charge in [0.25, 0.3) is 0 Å². The van der Waals surface area contributed by atoms with Crippen LogP contribution in [-0.2, 0) is 12.8 Å². The standard InChI is InChI=1S/C16H24N4O/c1-4-14-19-15(17-5-2)11-16(20-14)18-12(3)8-9-13-7-6-10-21-13/h6-7,10-12H,4-5,8-9H2,1-3H3,(H2,17,18,19,20). The minimum Gasteiger partial charge on any atom is -0.469 e. The van der Waals surface area contributed by atoms with Crippen molar-refractivity contribution in [2.45, 2.75) is 46.1 Å². The molecule has 5 heteroatoms. The molecule has 2 heterocycles. The first-order chi connectivity index (χ1) is 10.2. The van der Waals surface area contributed by atoms with Crippen LogP contribution in [0.4, 0.5) is 11.6 Å². The fraction of sp³-hybridized carbons (Fsp3) is 0.500. The molecular weight excluding hydrogens is 264 g/mol. The fourth-order valence-corrected chi connectivity index (χ4v) is 2.14. The monoisotopic (exact) mass is 288 g/mol. The van der Waals surface area contributed by atoms with E-state index in [-0.39, 0.29) is 0 Å². The minimum atomic E-state index is 0.323. The molecule has 0 saturated heterocycles. The Bertz CT molecular complexity index is 539. The van der Waals surface area contributed by atoms with E-state index >= 15 is 0 Å². The number of aromatic nitrogens is 2. The first-order valence-corrected chi connectivity index (χ1v) is 7.62. The Hall–Kier alpha value is -2.04. The number of rotatable bonds is 8. The zero-order valence-electron chi connectivity index (χ0n) is 13.0. The third-order valence-corrected chi connectivity index (χ3v) is 3.24. The lowest BCUT2D eigenvalue weighted by Gasteiger charge is -2.15. The molecule has 0 bridgehead atoms. The van der Waals surface area contributed by atoms with Gasteiger partial charge in [-0.2, -0.15) is 0 Å². The Labute approximate surface area is 126 Å². The maximum atomic E-state index is 5.36. The Kier molecular flexibility index (Phi) is 5.60. The lowest BCUT2D eigenvalue weighted by molar-refractivity contribution is 0.495. The van der Waals surface area contributed by atoms with E-state index in [9.17, 15) is 0 Å². The van der Waals surface area contributed by atoms with Gasteiger partial charge in [0.15, 0.2) is 0 Å². The molecule has 2 rings (SSSR count). The van der Waals surface area contributed by atoms with Crippen molar-refractivity contribution in [3.63, 3.8) is 0 Å². The summed E-state index contributed by atoms with van der Waals surface area (Å²) < 4.78 is 5.36. The van der Waals surface area contributed by atoms with Gasteiger partial charge in [-0.3, -0.25) is 0 Å². The summed E-state index contributed by atoms with van der Waals surface area (Å²) in [5.41, 5.74) is 0. The van der Waals surface area contributed by atoms with Crippen LogP contribution in [0.5, 0.6) is 0 Å². The molecule has 2 aromatic rings. The number of hydrogen-bond donors (Lipinski definition) is 2. The highest BCUT2D eigenvalue weighted by Crippen LogP contribution is 2.14. The molecule has 21 heavy (non-hydrogen) atoms. The average Bonchev–Trinajstić information content (AvgIpc) is 2.98. The summed E-state index contributed by atoms with van der Waals surface area (Å²) in [4.78, 5) is 8.99. The van der Waals surface area contributed by atoms with Crippen LogP contribution < -0.4 is 10.6 Å². The van der Waals surface area contributed by atoms with Crippen LogP contribution in [-0.4, -0.2) is 22.6 Å². The van der Waals surface area contributed by atoms with E-state index in [1.165, 1.54) is 0 Å². The molecule has 0 fully saturated rings. The zero-order chi connectivity index (χ0) is 15.1. The molecule has 0 aliphatic carbocycles. The molecule has 0 saturated carbocycles. The van der Waals surface area contributed by atoms with Gasteiger partial charge < -0.3 is 15.1 Å². The molecule has 1 unspecified atom stereocenters. The van der Waals surface area contributed by atoms with Crippen molar-refractivity contribution in [2.24, 2.45) is 0 Å². The first-order valence-electron chi connectivity index (χ1n) is 7.62. The summed E-state index contributed by atoms with van der Waals surface area (Å²) in [6.07, 6.45) is 4.46. The molecule has 0 aliphatic heterocycles. The molecule has 1 atom stereocenters. The highest BCUT2D eigenvalue weighted by Gasteiger charge is 2.08. The second-order valence-corrected chi connectivity index (χ2v) is 5.10. The maximum Gasteiger partial charge on any atom is 0.132 e. The Morgan fingerprint density at radius 3 is 2.71 bits per heavy atom. The third kappa shape index (κ3) is 4.77. The summed E-state index contributed by atoms with van der Waals surface area (Å²) in [5.74, 6) is 3.64. The van der Waals surface area contributed by atoms with Crippen molar-refractivity contribution in [2.75, 3.05) is 17.2 Å². The van der Waals surface area contributed by atoms with Crippen LogP contribution in [0, 0.1) is 0 Å². The van der Waals surface area contributed by atoms with Gasteiger partial charge in [-0.1, -0.05) is 6.92 Å². The van der Waals surface area contributed by atoms with Gasteiger partial charge in [0.05, 0.1) is 6.26 Å². The largest absolute Gasteiger partial charge is 0.469 e. The topological polar surface area (TPSA) is 63.0 Å². The molecule has 2 aromatic heterocycles. The van der Waals surface area contributed by atoms with Crippen molar-refractivity contribution >= 4 is 11.6 Å². The highest BCUT2D eigenvalue weighted by atomic mass is 16.3. The summed E-state index contributed by atoms with van der Waals surface area (Å²) in [6, 6.07) is 6.22. The summed E-state index contributed by atoms with van der Waals surface area (Å²) >= 11 is 0. The molecule has 0 aliphatic rings. The number of nitrogens with one attached hydrogen (secondary N) is 2. The van der Waals surface area contributed by atoms with Crippen LogP contribution in [0.15, 0.2) is 28.9 Å². The van der Waals surface area contributed by atoms with Gasteiger partial charge in [-0.15, -0.1) is 0 Å². The molecule has 2 N–H and O–H groups in total. The van der Waals surface area contributed by atoms with Gasteiger partial charge in [0.2, 0.25) is 0 Å². The maximum absolute atomic E-state index is 5.36. The first kappa shape index (κ1) is 15.4. The van der Waals surface area contributed by atoms with Crippen molar-refractivity contribution in [3.8, 4) is 0 Å². The van der Waals surface area contributed by atoms with Crippen molar-refractivity contribution in [1.82, 2.24) is 9.97 Å². The lowest BCUT2D eigenvalue weighted by Crippen LogP contribution is -2.18. The fourth-order valence-electron chi connectivity index (χ4n) is 2.14. The Morgan fingerprint density at radius 2 is 2.05 bits per heavy atom. The van der Waals surface area contributed by atoms with Crippen LogP contribution in [0.2, 0.25) is 0 Å². The van der Waals surface area contributed by atoms with Crippen molar-refractivity contribution in [3.05, 3.63) is 36.0 Å². The number of nitrogens with zero attached hydrogens (tertiary/aromatic N) is 2. The quantitative estimate of drug-likeness (QED) is 0.778.